The Morgan fingerprint density at radius 2 is 0.912 bits per heavy atom. The zero-order valence-electron chi connectivity index (χ0n) is 31.3. The number of carbonyl (C=O) groups is 4. The number of ether oxygens (including phenoxy) is 4. The molecule has 0 atom stereocenters. The summed E-state index contributed by atoms with van der Waals surface area (Å²) in [4.78, 5) is 63.9. The van der Waals surface area contributed by atoms with Gasteiger partial charge in [-0.3, -0.25) is 0 Å². The number of aliphatic imine (C=N–C) groups is 2. The van der Waals surface area contributed by atoms with Gasteiger partial charge in [0, 0.05) is 6.08 Å². The molecule has 0 saturated carbocycles. The van der Waals surface area contributed by atoms with Crippen LogP contribution in [0, 0.1) is 0 Å². The van der Waals surface area contributed by atoms with E-state index in [1.807, 2.05) is 30.4 Å². The van der Waals surface area contributed by atoms with Crippen molar-refractivity contribution in [1.82, 2.24) is 4.98 Å². The van der Waals surface area contributed by atoms with E-state index >= 15 is 0 Å². The molecular formula is C44H32N4O8Zn. The summed E-state index contributed by atoms with van der Waals surface area (Å²) >= 11 is 0. The summed E-state index contributed by atoms with van der Waals surface area (Å²) in [5.41, 5.74) is 8.40. The number of amides is 1. The van der Waals surface area contributed by atoms with Gasteiger partial charge >= 0.3 is 37.4 Å². The summed E-state index contributed by atoms with van der Waals surface area (Å²) in [5.74, 6) is -1.39. The Morgan fingerprint density at radius 3 is 1.32 bits per heavy atom. The van der Waals surface area contributed by atoms with Gasteiger partial charge < -0.3 is 34.0 Å². The van der Waals surface area contributed by atoms with Crippen molar-refractivity contribution >= 4 is 52.1 Å². The Morgan fingerprint density at radius 1 is 0.491 bits per heavy atom. The van der Waals surface area contributed by atoms with Gasteiger partial charge in [0.2, 0.25) is 5.90 Å². The second-order valence-electron chi connectivity index (χ2n) is 12.3. The Bertz CT molecular complexity index is 2530. The number of hydrogen-bond acceptors (Lipinski definition) is 10. The molecule has 4 heterocycles. The summed E-state index contributed by atoms with van der Waals surface area (Å²) in [5, 5.41) is 4.22. The number of hydrogen-bond donors (Lipinski definition) is 0. The first-order valence-corrected chi connectivity index (χ1v) is 17.2. The average molecular weight is 810 g/mol. The molecule has 0 radical (unpaired) electrons. The molecule has 0 aliphatic carbocycles. The standard InChI is InChI=1S/C44H33N4O8.Zn/c1-53-38-24-22-36(48-38)41(27-9-15-30(16-10-27)44(52)56-4)34-20-18-32(46-34)39(25-5-11-28(12-6-25)42(50)54-2)31-17-19-33(45-31)40(35-21-23-37(49)47-35)26-7-13-29(14-8-26)43(51)55-3;/h5-24H,1-4H3,(H-,45,46,47,48,49,50,51,52);/q-1;+2/p-1. The van der Waals surface area contributed by atoms with Crippen molar-refractivity contribution in [2.75, 3.05) is 28.4 Å². The molecule has 0 bridgehead atoms. The van der Waals surface area contributed by atoms with E-state index in [1.165, 1.54) is 34.5 Å². The maximum atomic E-state index is 12.4. The summed E-state index contributed by atoms with van der Waals surface area (Å²) in [6, 6.07) is 24.4. The fourth-order valence-corrected chi connectivity index (χ4v) is 6.31. The SMILES string of the molecule is COC(=O)c1ccc(/C(C2=N/C(=C(/c3ccc(C(=O)OC)cc3)c3ccc(/C(=C4/C=CC(OC)=N4)c4ccc(C(=O)OC)cc4)[n-]3)C=C2)=C2\C=CC(=O)[N-]2)cc1.[Zn+2]. The van der Waals surface area contributed by atoms with Crippen molar-refractivity contribution in [3.8, 4) is 0 Å². The Kier molecular flexibility index (Phi) is 12.0. The summed E-state index contributed by atoms with van der Waals surface area (Å²) < 4.78 is 20.1. The van der Waals surface area contributed by atoms with Crippen LogP contribution in [0.5, 0.6) is 0 Å². The maximum Gasteiger partial charge on any atom is 2.00 e. The van der Waals surface area contributed by atoms with Crippen molar-refractivity contribution in [2.45, 2.75) is 0 Å². The van der Waals surface area contributed by atoms with E-state index in [2.05, 4.69) is 10.3 Å². The van der Waals surface area contributed by atoms with E-state index in [-0.39, 0.29) is 19.5 Å². The molecule has 0 spiro atoms. The molecule has 4 aromatic rings. The van der Waals surface area contributed by atoms with Crippen LogP contribution in [0.3, 0.4) is 0 Å². The van der Waals surface area contributed by atoms with Gasteiger partial charge in [-0.25, -0.2) is 24.4 Å². The van der Waals surface area contributed by atoms with Crippen molar-refractivity contribution in [3.63, 3.8) is 0 Å². The van der Waals surface area contributed by atoms with E-state index in [0.29, 0.717) is 84.6 Å². The van der Waals surface area contributed by atoms with Crippen LogP contribution < -0.4 is 4.98 Å². The second kappa shape index (κ2) is 17.2. The zero-order valence-corrected chi connectivity index (χ0v) is 34.3. The molecule has 0 N–H and O–H groups in total. The van der Waals surface area contributed by atoms with Crippen LogP contribution in [0.1, 0.15) is 59.2 Å². The van der Waals surface area contributed by atoms with Crippen molar-refractivity contribution < 1.29 is 57.6 Å². The topological polar surface area (TPSA) is 158 Å². The summed E-state index contributed by atoms with van der Waals surface area (Å²) in [6.07, 6.45) is 10.3. The molecule has 0 unspecified atom stereocenters. The number of benzene rings is 3. The molecule has 12 nitrogen and oxygen atoms in total. The smallest absolute Gasteiger partial charge is 0.657 e. The largest absolute Gasteiger partial charge is 2.00 e. The van der Waals surface area contributed by atoms with Crippen LogP contribution >= 0.6 is 0 Å². The Balaban J connectivity index is 0.00000549. The predicted octanol–water partition coefficient (Wildman–Crippen LogP) is 7.03. The number of methoxy groups -OCH3 is 4. The van der Waals surface area contributed by atoms with Gasteiger partial charge in [0.15, 0.2) is 0 Å². The third kappa shape index (κ3) is 8.19. The van der Waals surface area contributed by atoms with Gasteiger partial charge in [-0.15, -0.1) is 17.1 Å². The van der Waals surface area contributed by atoms with Gasteiger partial charge in [0.05, 0.1) is 68.1 Å². The first kappa shape index (κ1) is 39.7. The van der Waals surface area contributed by atoms with E-state index < -0.39 is 23.8 Å². The van der Waals surface area contributed by atoms with Crippen molar-refractivity contribution in [1.29, 1.82) is 0 Å². The van der Waals surface area contributed by atoms with Crippen LogP contribution in [0.2, 0.25) is 0 Å². The second-order valence-corrected chi connectivity index (χ2v) is 12.3. The van der Waals surface area contributed by atoms with Crippen LogP contribution in [0.15, 0.2) is 148 Å². The number of carbonyl (C=O) groups excluding carboxylic acids is 4. The van der Waals surface area contributed by atoms with Gasteiger partial charge in [0.1, 0.15) is 0 Å². The Hall–Kier alpha value is -6.98. The van der Waals surface area contributed by atoms with Gasteiger partial charge in [-0.05, 0) is 94.1 Å². The molecule has 3 aromatic carbocycles. The van der Waals surface area contributed by atoms with Gasteiger partial charge in [-0.1, -0.05) is 54.6 Å². The Labute approximate surface area is 340 Å². The molecule has 57 heavy (non-hydrogen) atoms. The molecular weight excluding hydrogens is 778 g/mol. The van der Waals surface area contributed by atoms with Crippen LogP contribution in [-0.4, -0.2) is 63.9 Å². The third-order valence-electron chi connectivity index (χ3n) is 9.04. The van der Waals surface area contributed by atoms with Gasteiger partial charge in [0.25, 0.3) is 0 Å². The molecule has 1 amide bonds. The van der Waals surface area contributed by atoms with E-state index in [9.17, 15) is 19.2 Å². The quantitative estimate of drug-likeness (QED) is 0.0984. The molecule has 7 rings (SSSR count). The van der Waals surface area contributed by atoms with Crippen molar-refractivity contribution in [2.24, 2.45) is 9.98 Å². The van der Waals surface area contributed by atoms with E-state index in [1.54, 1.807) is 84.9 Å². The predicted molar refractivity (Wildman–Crippen MR) is 210 cm³/mol. The third-order valence-corrected chi connectivity index (χ3v) is 9.04. The minimum absolute atomic E-state index is 0. The molecule has 13 heteroatoms. The maximum absolute atomic E-state index is 12.4. The number of esters is 3. The number of nitrogens with zero attached hydrogens (tertiary/aromatic N) is 4. The van der Waals surface area contributed by atoms with Crippen LogP contribution in [0.4, 0.5) is 0 Å². The molecule has 3 aliphatic heterocycles. The van der Waals surface area contributed by atoms with Crippen LogP contribution in [0.25, 0.3) is 22.0 Å². The molecule has 0 fully saturated rings. The zero-order chi connectivity index (χ0) is 39.3. The fourth-order valence-electron chi connectivity index (χ4n) is 6.31. The van der Waals surface area contributed by atoms with E-state index in [4.69, 9.17) is 28.9 Å². The number of rotatable bonds is 9. The summed E-state index contributed by atoms with van der Waals surface area (Å²) in [6.45, 7) is 0. The first-order valence-electron chi connectivity index (χ1n) is 17.2. The number of allylic oxidation sites excluding steroid dienone is 5. The minimum Gasteiger partial charge on any atom is -0.657 e. The van der Waals surface area contributed by atoms with E-state index in [0.717, 1.165) is 5.56 Å². The monoisotopic (exact) mass is 808 g/mol. The molecule has 0 saturated heterocycles. The summed E-state index contributed by atoms with van der Waals surface area (Å²) in [7, 11) is 5.50. The average Bonchev–Trinajstić information content (AvgIpc) is 4.08. The molecule has 1 aromatic heterocycles. The fraction of sp³-hybridized carbons (Fsp3) is 0.0909. The first-order chi connectivity index (χ1) is 27.2. The van der Waals surface area contributed by atoms with Gasteiger partial charge in [-0.2, -0.15) is 0 Å². The molecule has 3 aliphatic rings. The number of aromatic nitrogens is 1. The molecule has 278 valence electrons. The van der Waals surface area contributed by atoms with Crippen LogP contribution in [-0.2, 0) is 43.2 Å². The minimum atomic E-state index is -0.481. The van der Waals surface area contributed by atoms with Crippen molar-refractivity contribution in [3.05, 3.63) is 189 Å². The normalized spacial score (nSPS) is 16.6.